The molecular formula is C14H17N3O3. The molecule has 0 bridgehead atoms. The average molecular weight is 275 g/mol. The number of aromatic amines is 1. The second-order valence-corrected chi connectivity index (χ2v) is 4.30. The van der Waals surface area contributed by atoms with Crippen LogP contribution in [0.4, 0.5) is 0 Å². The minimum absolute atomic E-state index is 0.130. The average Bonchev–Trinajstić information content (AvgIpc) is 3.00. The van der Waals surface area contributed by atoms with Gasteiger partial charge < -0.3 is 14.8 Å². The fraction of sp³-hybridized carbons (Fsp3) is 0.286. The summed E-state index contributed by atoms with van der Waals surface area (Å²) in [5, 5.41) is 9.47. The molecule has 1 atom stereocenters. The Labute approximate surface area is 117 Å². The summed E-state index contributed by atoms with van der Waals surface area (Å²) < 4.78 is 10.3. The van der Waals surface area contributed by atoms with Crippen molar-refractivity contribution in [3.63, 3.8) is 0 Å². The molecule has 0 aliphatic carbocycles. The highest BCUT2D eigenvalue weighted by Gasteiger charge is 2.14. The van der Waals surface area contributed by atoms with E-state index < -0.39 is 0 Å². The van der Waals surface area contributed by atoms with Crippen molar-refractivity contribution in [3.05, 3.63) is 41.7 Å². The number of nitrogens with zero attached hydrogens (tertiary/aromatic N) is 1. The zero-order valence-corrected chi connectivity index (χ0v) is 11.6. The lowest BCUT2D eigenvalue weighted by Gasteiger charge is -2.13. The van der Waals surface area contributed by atoms with Crippen LogP contribution in [0.2, 0.25) is 0 Å². The zero-order valence-electron chi connectivity index (χ0n) is 11.6. The number of nitrogens with one attached hydrogen (secondary N) is 2. The van der Waals surface area contributed by atoms with Crippen molar-refractivity contribution in [1.29, 1.82) is 0 Å². The van der Waals surface area contributed by atoms with E-state index in [0.29, 0.717) is 17.1 Å². The Hall–Kier alpha value is -2.50. The first-order valence-electron chi connectivity index (χ1n) is 6.17. The van der Waals surface area contributed by atoms with E-state index in [0.717, 1.165) is 5.56 Å². The molecule has 0 saturated heterocycles. The lowest BCUT2D eigenvalue weighted by Crippen LogP contribution is -2.26. The van der Waals surface area contributed by atoms with Gasteiger partial charge in [-0.3, -0.25) is 9.89 Å². The highest BCUT2D eigenvalue weighted by atomic mass is 16.5. The Morgan fingerprint density at radius 1 is 1.30 bits per heavy atom. The van der Waals surface area contributed by atoms with Gasteiger partial charge in [0.15, 0.2) is 11.5 Å². The number of carbonyl (C=O) groups excluding carboxylic acids is 1. The van der Waals surface area contributed by atoms with Crippen molar-refractivity contribution in [2.75, 3.05) is 14.2 Å². The molecule has 1 heterocycles. The van der Waals surface area contributed by atoms with Crippen molar-refractivity contribution in [2.45, 2.75) is 13.0 Å². The third kappa shape index (κ3) is 2.90. The molecule has 2 aromatic rings. The topological polar surface area (TPSA) is 76.2 Å². The summed E-state index contributed by atoms with van der Waals surface area (Å²) in [5.74, 6) is 0.933. The maximum Gasteiger partial charge on any atom is 0.251 e. The first-order chi connectivity index (χ1) is 9.65. The summed E-state index contributed by atoms with van der Waals surface area (Å²) in [4.78, 5) is 12.2. The van der Waals surface area contributed by atoms with Crippen LogP contribution in [0, 0.1) is 0 Å². The van der Waals surface area contributed by atoms with Gasteiger partial charge in [-0.15, -0.1) is 0 Å². The second-order valence-electron chi connectivity index (χ2n) is 4.30. The quantitative estimate of drug-likeness (QED) is 0.874. The van der Waals surface area contributed by atoms with Gasteiger partial charge in [-0.05, 0) is 25.1 Å². The number of hydrogen-bond acceptors (Lipinski definition) is 4. The number of H-pyrrole nitrogens is 1. The van der Waals surface area contributed by atoms with Crippen molar-refractivity contribution in [2.24, 2.45) is 0 Å². The molecule has 0 saturated carbocycles. The molecule has 0 aliphatic heterocycles. The van der Waals surface area contributed by atoms with Crippen molar-refractivity contribution < 1.29 is 14.3 Å². The Bertz CT molecular complexity index is 581. The van der Waals surface area contributed by atoms with E-state index in [1.54, 1.807) is 37.7 Å². The minimum Gasteiger partial charge on any atom is -0.493 e. The fourth-order valence-corrected chi connectivity index (χ4v) is 1.84. The molecule has 6 heteroatoms. The Balaban J connectivity index is 2.13. The molecule has 106 valence electrons. The molecular weight excluding hydrogens is 258 g/mol. The molecule has 0 radical (unpaired) electrons. The fourth-order valence-electron chi connectivity index (χ4n) is 1.84. The number of hydrogen-bond donors (Lipinski definition) is 2. The van der Waals surface area contributed by atoms with Gasteiger partial charge in [-0.1, -0.05) is 0 Å². The van der Waals surface area contributed by atoms with Gasteiger partial charge >= 0.3 is 0 Å². The monoisotopic (exact) mass is 275 g/mol. The van der Waals surface area contributed by atoms with Crippen molar-refractivity contribution >= 4 is 5.91 Å². The zero-order chi connectivity index (χ0) is 14.5. The third-order valence-corrected chi connectivity index (χ3v) is 3.01. The van der Waals surface area contributed by atoms with Gasteiger partial charge in [-0.2, -0.15) is 5.10 Å². The second kappa shape index (κ2) is 6.10. The lowest BCUT2D eigenvalue weighted by atomic mass is 10.1. The largest absolute Gasteiger partial charge is 0.493 e. The van der Waals surface area contributed by atoms with Gasteiger partial charge in [0.2, 0.25) is 0 Å². The minimum atomic E-state index is -0.181. The van der Waals surface area contributed by atoms with Gasteiger partial charge in [-0.25, -0.2) is 0 Å². The first kappa shape index (κ1) is 13.9. The maximum absolute atomic E-state index is 12.2. The smallest absolute Gasteiger partial charge is 0.251 e. The van der Waals surface area contributed by atoms with Crippen LogP contribution in [0.15, 0.2) is 30.6 Å². The molecule has 0 aliphatic rings. The summed E-state index contributed by atoms with van der Waals surface area (Å²) in [6.07, 6.45) is 3.43. The SMILES string of the molecule is COc1ccc(C(=O)NC(C)c2cn[nH]c2)cc1OC. The van der Waals surface area contributed by atoms with E-state index in [4.69, 9.17) is 9.47 Å². The van der Waals surface area contributed by atoms with Crippen LogP contribution >= 0.6 is 0 Å². The van der Waals surface area contributed by atoms with Crippen LogP contribution < -0.4 is 14.8 Å². The summed E-state index contributed by atoms with van der Waals surface area (Å²) in [7, 11) is 3.09. The molecule has 6 nitrogen and oxygen atoms in total. The van der Waals surface area contributed by atoms with E-state index in [1.807, 2.05) is 6.92 Å². The molecule has 0 spiro atoms. The Kier molecular flexibility index (Phi) is 4.24. The first-order valence-corrected chi connectivity index (χ1v) is 6.17. The summed E-state index contributed by atoms with van der Waals surface area (Å²) in [6, 6.07) is 4.92. The number of aromatic nitrogens is 2. The number of ether oxygens (including phenoxy) is 2. The number of benzene rings is 1. The molecule has 1 unspecified atom stereocenters. The molecule has 0 fully saturated rings. The van der Waals surface area contributed by atoms with Crippen LogP contribution in [-0.4, -0.2) is 30.3 Å². The normalized spacial score (nSPS) is 11.8. The van der Waals surface area contributed by atoms with Crippen molar-refractivity contribution in [1.82, 2.24) is 15.5 Å². The van der Waals surface area contributed by atoms with Gasteiger partial charge in [0.1, 0.15) is 0 Å². The van der Waals surface area contributed by atoms with E-state index >= 15 is 0 Å². The number of rotatable bonds is 5. The molecule has 1 amide bonds. The standard InChI is InChI=1S/C14H17N3O3/c1-9(11-7-15-16-8-11)17-14(18)10-4-5-12(19-2)13(6-10)20-3/h4-9H,1-3H3,(H,15,16)(H,17,18). The molecule has 20 heavy (non-hydrogen) atoms. The Morgan fingerprint density at radius 3 is 2.65 bits per heavy atom. The maximum atomic E-state index is 12.2. The Morgan fingerprint density at radius 2 is 2.05 bits per heavy atom. The summed E-state index contributed by atoms with van der Waals surface area (Å²) in [6.45, 7) is 1.89. The summed E-state index contributed by atoms with van der Waals surface area (Å²) in [5.41, 5.74) is 1.43. The van der Waals surface area contributed by atoms with E-state index in [2.05, 4.69) is 15.5 Å². The predicted octanol–water partition coefficient (Wildman–Crippen LogP) is 1.92. The highest BCUT2D eigenvalue weighted by Crippen LogP contribution is 2.27. The van der Waals surface area contributed by atoms with E-state index in [9.17, 15) is 4.79 Å². The van der Waals surface area contributed by atoms with Crippen LogP contribution in [0.3, 0.4) is 0 Å². The van der Waals surface area contributed by atoms with Gasteiger partial charge in [0.25, 0.3) is 5.91 Å². The molecule has 2 rings (SSSR count). The van der Waals surface area contributed by atoms with E-state index in [-0.39, 0.29) is 11.9 Å². The van der Waals surface area contributed by atoms with Crippen molar-refractivity contribution in [3.8, 4) is 11.5 Å². The third-order valence-electron chi connectivity index (χ3n) is 3.01. The lowest BCUT2D eigenvalue weighted by molar-refractivity contribution is 0.0939. The van der Waals surface area contributed by atoms with Crippen LogP contribution in [0.1, 0.15) is 28.9 Å². The highest BCUT2D eigenvalue weighted by molar-refractivity contribution is 5.95. The van der Waals surface area contributed by atoms with Gasteiger partial charge in [0, 0.05) is 17.3 Å². The number of amides is 1. The van der Waals surface area contributed by atoms with Gasteiger partial charge in [0.05, 0.1) is 26.5 Å². The number of carbonyl (C=O) groups is 1. The van der Waals surface area contributed by atoms with E-state index in [1.165, 1.54) is 7.11 Å². The molecule has 2 N–H and O–H groups in total. The molecule has 1 aromatic heterocycles. The predicted molar refractivity (Wildman–Crippen MR) is 74.0 cm³/mol. The number of methoxy groups -OCH3 is 2. The van der Waals surface area contributed by atoms with Crippen LogP contribution in [0.25, 0.3) is 0 Å². The summed E-state index contributed by atoms with van der Waals surface area (Å²) >= 11 is 0. The molecule has 1 aromatic carbocycles. The van der Waals surface area contributed by atoms with Crippen LogP contribution in [-0.2, 0) is 0 Å². The van der Waals surface area contributed by atoms with Crippen LogP contribution in [0.5, 0.6) is 11.5 Å².